The van der Waals surface area contributed by atoms with Gasteiger partial charge in [0.25, 0.3) is 11.5 Å². The van der Waals surface area contributed by atoms with Crippen LogP contribution in [0.5, 0.6) is 0 Å². The van der Waals surface area contributed by atoms with Gasteiger partial charge in [0.15, 0.2) is 0 Å². The molecular weight excluding hydrogens is 543 g/mol. The standard InChI is InChI=1S/C32H34F3N5O2/c1-5-39-10-12-40(13-11-39)19-23-8-7-22(16-28(23)32(33,34)35)30(41)37-25-9-6-20(2)26(17-25)27-15-24-18-36-21(3)14-29(24)38(4)31(27)42/h6-9,14-18H,5,10-13,19H2,1-4H3,(H,37,41). The number of nitrogens with zero attached hydrogens (tertiary/aromatic N) is 4. The van der Waals surface area contributed by atoms with Gasteiger partial charge in [-0.1, -0.05) is 19.1 Å². The second-order valence-corrected chi connectivity index (χ2v) is 10.9. The fourth-order valence-corrected chi connectivity index (χ4v) is 5.48. The Morgan fingerprint density at radius 2 is 1.67 bits per heavy atom. The summed E-state index contributed by atoms with van der Waals surface area (Å²) in [5.74, 6) is -0.662. The molecule has 1 N–H and O–H groups in total. The Bertz CT molecular complexity index is 1710. The first-order chi connectivity index (χ1) is 19.9. The molecule has 5 rings (SSSR count). The van der Waals surface area contributed by atoms with Crippen LogP contribution >= 0.6 is 0 Å². The summed E-state index contributed by atoms with van der Waals surface area (Å²) in [7, 11) is 1.70. The maximum Gasteiger partial charge on any atom is 0.416 e. The van der Waals surface area contributed by atoms with E-state index in [0.29, 0.717) is 29.9 Å². The van der Waals surface area contributed by atoms with Crippen LogP contribution in [-0.2, 0) is 19.8 Å². The fourth-order valence-electron chi connectivity index (χ4n) is 5.48. The zero-order valence-electron chi connectivity index (χ0n) is 24.2. The Morgan fingerprint density at radius 3 is 2.36 bits per heavy atom. The molecule has 1 aliphatic rings. The van der Waals surface area contributed by atoms with Gasteiger partial charge in [0.2, 0.25) is 0 Å². The number of nitrogens with one attached hydrogen (secondary N) is 1. The van der Waals surface area contributed by atoms with Crippen molar-refractivity contribution in [3.05, 3.63) is 93.0 Å². The van der Waals surface area contributed by atoms with Crippen LogP contribution < -0.4 is 10.9 Å². The van der Waals surface area contributed by atoms with E-state index in [9.17, 15) is 22.8 Å². The van der Waals surface area contributed by atoms with E-state index >= 15 is 0 Å². The summed E-state index contributed by atoms with van der Waals surface area (Å²) in [5, 5.41) is 3.51. The fraction of sp³-hybridized carbons (Fsp3) is 0.344. The number of anilines is 1. The Kier molecular flexibility index (Phi) is 8.21. The third kappa shape index (κ3) is 6.10. The van der Waals surface area contributed by atoms with Gasteiger partial charge in [-0.2, -0.15) is 13.2 Å². The van der Waals surface area contributed by atoms with Gasteiger partial charge in [-0.3, -0.25) is 19.5 Å². The minimum Gasteiger partial charge on any atom is -0.322 e. The van der Waals surface area contributed by atoms with Gasteiger partial charge < -0.3 is 14.8 Å². The number of pyridine rings is 2. The second-order valence-electron chi connectivity index (χ2n) is 10.9. The van der Waals surface area contributed by atoms with Crippen LogP contribution in [0.3, 0.4) is 0 Å². The van der Waals surface area contributed by atoms with E-state index in [2.05, 4.69) is 22.1 Å². The molecule has 0 aliphatic carbocycles. The number of aromatic nitrogens is 2. The zero-order chi connectivity index (χ0) is 30.2. The van der Waals surface area contributed by atoms with Gasteiger partial charge >= 0.3 is 6.18 Å². The molecule has 4 aromatic rings. The number of halogens is 3. The Labute approximate surface area is 242 Å². The van der Waals surface area contributed by atoms with E-state index in [1.165, 1.54) is 12.1 Å². The molecule has 3 heterocycles. The van der Waals surface area contributed by atoms with E-state index in [4.69, 9.17) is 0 Å². The number of amides is 1. The van der Waals surface area contributed by atoms with Crippen LogP contribution in [0.2, 0.25) is 0 Å². The Morgan fingerprint density at radius 1 is 0.952 bits per heavy atom. The topological polar surface area (TPSA) is 70.5 Å². The molecule has 0 radical (unpaired) electrons. The van der Waals surface area contributed by atoms with Gasteiger partial charge in [0, 0.05) is 73.9 Å². The summed E-state index contributed by atoms with van der Waals surface area (Å²) in [5.41, 5.74) is 2.84. The third-order valence-electron chi connectivity index (χ3n) is 8.01. The average molecular weight is 578 g/mol. The lowest BCUT2D eigenvalue weighted by Crippen LogP contribution is -2.45. The summed E-state index contributed by atoms with van der Waals surface area (Å²) >= 11 is 0. The second kappa shape index (κ2) is 11.7. The first kappa shape index (κ1) is 29.5. The summed E-state index contributed by atoms with van der Waals surface area (Å²) in [6.45, 7) is 9.90. The van der Waals surface area contributed by atoms with Crippen molar-refractivity contribution in [3.8, 4) is 11.1 Å². The maximum absolute atomic E-state index is 14.1. The number of aryl methyl sites for hydroxylation is 3. The highest BCUT2D eigenvalue weighted by Gasteiger charge is 2.34. The summed E-state index contributed by atoms with van der Waals surface area (Å²) in [4.78, 5) is 35.1. The lowest BCUT2D eigenvalue weighted by atomic mass is 9.99. The number of rotatable bonds is 6. The van der Waals surface area contributed by atoms with Crippen LogP contribution in [0.1, 0.15) is 39.7 Å². The highest BCUT2D eigenvalue weighted by molar-refractivity contribution is 6.04. The van der Waals surface area contributed by atoms with Crippen molar-refractivity contribution >= 4 is 22.5 Å². The van der Waals surface area contributed by atoms with Gasteiger partial charge in [-0.15, -0.1) is 0 Å². The molecule has 10 heteroatoms. The predicted octanol–water partition coefficient (Wildman–Crippen LogP) is 5.63. The highest BCUT2D eigenvalue weighted by Crippen LogP contribution is 2.34. The first-order valence-corrected chi connectivity index (χ1v) is 14.0. The smallest absolute Gasteiger partial charge is 0.322 e. The Hall–Kier alpha value is -4.02. The molecule has 0 unspecified atom stereocenters. The van der Waals surface area contributed by atoms with Crippen molar-refractivity contribution in [2.24, 2.45) is 7.05 Å². The van der Waals surface area contributed by atoms with Crippen molar-refractivity contribution in [2.75, 3.05) is 38.0 Å². The largest absolute Gasteiger partial charge is 0.416 e. The highest BCUT2D eigenvalue weighted by atomic mass is 19.4. The zero-order valence-corrected chi connectivity index (χ0v) is 24.2. The lowest BCUT2D eigenvalue weighted by Gasteiger charge is -2.34. The summed E-state index contributed by atoms with van der Waals surface area (Å²) in [6, 6.07) is 12.5. The van der Waals surface area contributed by atoms with Gasteiger partial charge in [-0.25, -0.2) is 0 Å². The third-order valence-corrected chi connectivity index (χ3v) is 8.01. The van der Waals surface area contributed by atoms with Crippen LogP contribution in [0.15, 0.2) is 59.5 Å². The Balaban J connectivity index is 1.41. The molecule has 0 atom stereocenters. The molecule has 0 spiro atoms. The van der Waals surface area contributed by atoms with Crippen LogP contribution in [0.4, 0.5) is 18.9 Å². The van der Waals surface area contributed by atoms with Crippen molar-refractivity contribution < 1.29 is 18.0 Å². The molecule has 1 fully saturated rings. The predicted molar refractivity (Wildman–Crippen MR) is 159 cm³/mol. The van der Waals surface area contributed by atoms with E-state index in [1.54, 1.807) is 42.1 Å². The number of hydrogen-bond donors (Lipinski definition) is 1. The molecule has 2 aromatic heterocycles. The molecule has 1 amide bonds. The molecule has 0 bridgehead atoms. The number of likely N-dealkylation sites (N-methyl/N-ethyl adjacent to an activating group) is 1. The average Bonchev–Trinajstić information content (AvgIpc) is 2.96. The minimum absolute atomic E-state index is 0.0907. The minimum atomic E-state index is -4.60. The van der Waals surface area contributed by atoms with E-state index in [-0.39, 0.29) is 23.2 Å². The van der Waals surface area contributed by atoms with Crippen molar-refractivity contribution in [1.29, 1.82) is 0 Å². The summed E-state index contributed by atoms with van der Waals surface area (Å²) in [6.07, 6.45) is -2.89. The monoisotopic (exact) mass is 577 g/mol. The van der Waals surface area contributed by atoms with E-state index in [1.807, 2.05) is 24.8 Å². The van der Waals surface area contributed by atoms with Crippen LogP contribution in [0, 0.1) is 13.8 Å². The summed E-state index contributed by atoms with van der Waals surface area (Å²) < 4.78 is 43.8. The molecule has 2 aromatic carbocycles. The van der Waals surface area contributed by atoms with Crippen molar-refractivity contribution in [2.45, 2.75) is 33.5 Å². The van der Waals surface area contributed by atoms with E-state index < -0.39 is 17.6 Å². The van der Waals surface area contributed by atoms with Crippen LogP contribution in [0.25, 0.3) is 22.0 Å². The van der Waals surface area contributed by atoms with Crippen molar-refractivity contribution in [1.82, 2.24) is 19.4 Å². The van der Waals surface area contributed by atoms with Crippen LogP contribution in [-0.4, -0.2) is 58.0 Å². The molecule has 7 nitrogen and oxygen atoms in total. The number of carbonyl (C=O) groups is 1. The molecule has 0 saturated carbocycles. The van der Waals surface area contributed by atoms with Crippen molar-refractivity contribution in [3.63, 3.8) is 0 Å². The normalized spacial score (nSPS) is 14.8. The molecule has 1 saturated heterocycles. The van der Waals surface area contributed by atoms with Gasteiger partial charge in [-0.05, 0) is 73.5 Å². The number of hydrogen-bond acceptors (Lipinski definition) is 5. The van der Waals surface area contributed by atoms with E-state index in [0.717, 1.165) is 47.9 Å². The molecule has 1 aliphatic heterocycles. The maximum atomic E-state index is 14.1. The SMILES string of the molecule is CCN1CCN(Cc2ccc(C(=O)Nc3ccc(C)c(-c4cc5cnc(C)cc5n(C)c4=O)c3)cc2C(F)(F)F)CC1. The quantitative estimate of drug-likeness (QED) is 0.322. The number of fused-ring (bicyclic) bond motifs is 1. The number of carbonyl (C=O) groups excluding carboxylic acids is 1. The molecule has 42 heavy (non-hydrogen) atoms. The first-order valence-electron chi connectivity index (χ1n) is 14.0. The number of alkyl halides is 3. The number of piperazine rings is 1. The molecule has 220 valence electrons. The van der Waals surface area contributed by atoms with Gasteiger partial charge in [0.05, 0.1) is 11.1 Å². The lowest BCUT2D eigenvalue weighted by molar-refractivity contribution is -0.138. The molecular formula is C32H34F3N5O2. The number of benzene rings is 2. The van der Waals surface area contributed by atoms with Gasteiger partial charge in [0.1, 0.15) is 0 Å².